The molecule has 1 aromatic carbocycles. The number of carbonyl (C=O) groups is 2. The maximum Gasteiger partial charge on any atom is 0.326 e. The molecule has 3 N–H and O–H groups in total. The van der Waals surface area contributed by atoms with Gasteiger partial charge in [-0.25, -0.2) is 4.79 Å². The summed E-state index contributed by atoms with van der Waals surface area (Å²) in [5.74, 6) is -1.25. The van der Waals surface area contributed by atoms with E-state index in [1.165, 1.54) is 0 Å². The molecule has 2 rings (SSSR count). The van der Waals surface area contributed by atoms with Crippen LogP contribution < -0.4 is 5.32 Å². The van der Waals surface area contributed by atoms with Crippen LogP contribution in [0.3, 0.4) is 0 Å². The summed E-state index contributed by atoms with van der Waals surface area (Å²) in [7, 11) is 0. The van der Waals surface area contributed by atoms with E-state index in [0.29, 0.717) is 17.5 Å². The molecule has 0 aliphatic carbocycles. The third-order valence-corrected chi connectivity index (χ3v) is 3.03. The Balaban J connectivity index is 2.22. The molecular weight excluding hydrogens is 258 g/mol. The van der Waals surface area contributed by atoms with Crippen LogP contribution in [-0.4, -0.2) is 33.2 Å². The summed E-state index contributed by atoms with van der Waals surface area (Å²) in [5, 5.41) is 19.2. The Kier molecular flexibility index (Phi) is 4.02. The smallest absolute Gasteiger partial charge is 0.326 e. The first-order valence-electron chi connectivity index (χ1n) is 6.44. The number of rotatable bonds is 5. The van der Waals surface area contributed by atoms with Crippen molar-refractivity contribution in [3.63, 3.8) is 0 Å². The average Bonchev–Trinajstić information content (AvgIpc) is 2.84. The molecule has 0 aliphatic heterocycles. The number of benzene rings is 1. The number of carbonyl (C=O) groups excluding carboxylic acids is 1. The highest BCUT2D eigenvalue weighted by atomic mass is 16.4. The molecule has 1 aromatic heterocycles. The standard InChI is InChI=1S/C14H17N3O3/c1-8(2)6-11(14(19)20)16-13(18)10-5-3-4-9-7-15-17-12(9)10/h3-5,7-8,11H,6H2,1-2H3,(H,15,17)(H,16,18)(H,19,20)/t11-/m1/s1. The average molecular weight is 275 g/mol. The molecule has 1 atom stereocenters. The zero-order valence-corrected chi connectivity index (χ0v) is 11.4. The maximum absolute atomic E-state index is 12.2. The first-order valence-corrected chi connectivity index (χ1v) is 6.44. The molecule has 0 radical (unpaired) electrons. The summed E-state index contributed by atoms with van der Waals surface area (Å²) in [6.45, 7) is 3.83. The molecule has 1 amide bonds. The van der Waals surface area contributed by atoms with E-state index in [2.05, 4.69) is 15.5 Å². The lowest BCUT2D eigenvalue weighted by atomic mass is 10.0. The summed E-state index contributed by atoms with van der Waals surface area (Å²) < 4.78 is 0. The fourth-order valence-corrected chi connectivity index (χ4v) is 2.09. The minimum atomic E-state index is -1.02. The Morgan fingerprint density at radius 2 is 2.15 bits per heavy atom. The molecule has 0 fully saturated rings. The van der Waals surface area contributed by atoms with Crippen LogP contribution in [0.25, 0.3) is 10.9 Å². The molecule has 20 heavy (non-hydrogen) atoms. The predicted octanol–water partition coefficient (Wildman–Crippen LogP) is 1.79. The second-order valence-electron chi connectivity index (χ2n) is 5.13. The Hall–Kier alpha value is -2.37. The third kappa shape index (κ3) is 2.96. The number of amides is 1. The number of carboxylic acids is 1. The monoisotopic (exact) mass is 275 g/mol. The lowest BCUT2D eigenvalue weighted by molar-refractivity contribution is -0.139. The second-order valence-corrected chi connectivity index (χ2v) is 5.13. The summed E-state index contributed by atoms with van der Waals surface area (Å²) >= 11 is 0. The first kappa shape index (κ1) is 14.0. The highest BCUT2D eigenvalue weighted by Crippen LogP contribution is 2.16. The van der Waals surface area contributed by atoms with Gasteiger partial charge in [0.1, 0.15) is 6.04 Å². The van der Waals surface area contributed by atoms with Gasteiger partial charge in [0.15, 0.2) is 0 Å². The minimum Gasteiger partial charge on any atom is -0.480 e. The van der Waals surface area contributed by atoms with Crippen molar-refractivity contribution in [1.29, 1.82) is 0 Å². The number of carboxylic acid groups (broad SMARTS) is 1. The highest BCUT2D eigenvalue weighted by molar-refractivity contribution is 6.06. The second kappa shape index (κ2) is 5.73. The zero-order valence-electron chi connectivity index (χ0n) is 11.4. The number of H-pyrrole nitrogens is 1. The number of para-hydroxylation sites is 1. The number of aromatic amines is 1. The van der Waals surface area contributed by atoms with Crippen LogP contribution >= 0.6 is 0 Å². The van der Waals surface area contributed by atoms with Gasteiger partial charge in [-0.15, -0.1) is 0 Å². The van der Waals surface area contributed by atoms with Crippen molar-refractivity contribution in [3.05, 3.63) is 30.0 Å². The van der Waals surface area contributed by atoms with Gasteiger partial charge in [0.05, 0.1) is 17.3 Å². The fraction of sp³-hybridized carbons (Fsp3) is 0.357. The van der Waals surface area contributed by atoms with E-state index in [0.717, 1.165) is 5.39 Å². The lowest BCUT2D eigenvalue weighted by Gasteiger charge is -2.16. The van der Waals surface area contributed by atoms with Gasteiger partial charge >= 0.3 is 5.97 Å². The van der Waals surface area contributed by atoms with E-state index >= 15 is 0 Å². The van der Waals surface area contributed by atoms with E-state index in [9.17, 15) is 9.59 Å². The number of fused-ring (bicyclic) bond motifs is 1. The van der Waals surface area contributed by atoms with Crippen LogP contribution in [0.4, 0.5) is 0 Å². The number of hydrogen-bond donors (Lipinski definition) is 3. The van der Waals surface area contributed by atoms with Crippen LogP contribution in [0.2, 0.25) is 0 Å². The molecule has 0 aliphatic rings. The Labute approximate surface area is 116 Å². The minimum absolute atomic E-state index is 0.180. The van der Waals surface area contributed by atoms with E-state index in [1.807, 2.05) is 19.9 Å². The topological polar surface area (TPSA) is 95.1 Å². The van der Waals surface area contributed by atoms with Crippen molar-refractivity contribution in [1.82, 2.24) is 15.5 Å². The largest absolute Gasteiger partial charge is 0.480 e. The third-order valence-electron chi connectivity index (χ3n) is 3.03. The quantitative estimate of drug-likeness (QED) is 0.775. The molecule has 0 bridgehead atoms. The molecule has 0 saturated heterocycles. The van der Waals surface area contributed by atoms with Crippen molar-refractivity contribution in [3.8, 4) is 0 Å². The van der Waals surface area contributed by atoms with Crippen molar-refractivity contribution in [2.45, 2.75) is 26.3 Å². The van der Waals surface area contributed by atoms with Crippen LogP contribution in [0, 0.1) is 5.92 Å². The predicted molar refractivity (Wildman–Crippen MR) is 74.4 cm³/mol. The molecular formula is C14H17N3O3. The van der Waals surface area contributed by atoms with Crippen molar-refractivity contribution >= 4 is 22.8 Å². The Bertz CT molecular complexity index is 633. The van der Waals surface area contributed by atoms with Gasteiger partial charge in [-0.05, 0) is 18.4 Å². The Morgan fingerprint density at radius 1 is 1.40 bits per heavy atom. The highest BCUT2D eigenvalue weighted by Gasteiger charge is 2.22. The number of aromatic nitrogens is 2. The van der Waals surface area contributed by atoms with Gasteiger partial charge in [-0.2, -0.15) is 5.10 Å². The van der Waals surface area contributed by atoms with Gasteiger partial charge in [0, 0.05) is 5.39 Å². The molecule has 0 spiro atoms. The van der Waals surface area contributed by atoms with Crippen LogP contribution in [0.1, 0.15) is 30.6 Å². The van der Waals surface area contributed by atoms with E-state index < -0.39 is 17.9 Å². The molecule has 6 heteroatoms. The molecule has 106 valence electrons. The summed E-state index contributed by atoms with van der Waals surface area (Å²) in [6, 6.07) is 4.33. The zero-order chi connectivity index (χ0) is 14.7. The molecule has 2 aromatic rings. The maximum atomic E-state index is 12.2. The van der Waals surface area contributed by atoms with Crippen LogP contribution in [0.15, 0.2) is 24.4 Å². The number of nitrogens with one attached hydrogen (secondary N) is 2. The van der Waals surface area contributed by atoms with Crippen LogP contribution in [-0.2, 0) is 4.79 Å². The van der Waals surface area contributed by atoms with Crippen LogP contribution in [0.5, 0.6) is 0 Å². The van der Waals surface area contributed by atoms with E-state index in [4.69, 9.17) is 5.11 Å². The number of aliphatic carboxylic acids is 1. The summed E-state index contributed by atoms with van der Waals surface area (Å²) in [5.41, 5.74) is 1.01. The van der Waals surface area contributed by atoms with Gasteiger partial charge in [0.25, 0.3) is 5.91 Å². The summed E-state index contributed by atoms with van der Waals surface area (Å²) in [6.07, 6.45) is 2.01. The fourth-order valence-electron chi connectivity index (χ4n) is 2.09. The summed E-state index contributed by atoms with van der Waals surface area (Å²) in [4.78, 5) is 23.4. The number of hydrogen-bond acceptors (Lipinski definition) is 3. The first-order chi connectivity index (χ1) is 9.49. The van der Waals surface area contributed by atoms with Gasteiger partial charge in [-0.3, -0.25) is 9.89 Å². The van der Waals surface area contributed by atoms with Gasteiger partial charge < -0.3 is 10.4 Å². The van der Waals surface area contributed by atoms with Crippen molar-refractivity contribution < 1.29 is 14.7 Å². The number of nitrogens with zero attached hydrogens (tertiary/aromatic N) is 1. The Morgan fingerprint density at radius 3 is 2.80 bits per heavy atom. The van der Waals surface area contributed by atoms with E-state index in [1.54, 1.807) is 18.3 Å². The van der Waals surface area contributed by atoms with E-state index in [-0.39, 0.29) is 5.92 Å². The normalized spacial score (nSPS) is 12.6. The molecule has 1 heterocycles. The lowest BCUT2D eigenvalue weighted by Crippen LogP contribution is -2.41. The van der Waals surface area contributed by atoms with Gasteiger partial charge in [0.2, 0.25) is 0 Å². The van der Waals surface area contributed by atoms with Crippen molar-refractivity contribution in [2.75, 3.05) is 0 Å². The molecule has 0 saturated carbocycles. The molecule has 6 nitrogen and oxygen atoms in total. The molecule has 0 unspecified atom stereocenters. The van der Waals surface area contributed by atoms with Crippen molar-refractivity contribution in [2.24, 2.45) is 5.92 Å². The van der Waals surface area contributed by atoms with Gasteiger partial charge in [-0.1, -0.05) is 26.0 Å². The SMILES string of the molecule is CC(C)C[C@@H](NC(=O)c1cccc2cn[nH]c12)C(=O)O.